The summed E-state index contributed by atoms with van der Waals surface area (Å²) in [5, 5.41) is 0. The van der Waals surface area contributed by atoms with E-state index in [0.29, 0.717) is 16.0 Å². The third-order valence-corrected chi connectivity index (χ3v) is 5.40. The maximum Gasteiger partial charge on any atom is 0.318 e. The van der Waals surface area contributed by atoms with Gasteiger partial charge in [0.2, 0.25) is 0 Å². The van der Waals surface area contributed by atoms with E-state index in [2.05, 4.69) is 4.98 Å². The van der Waals surface area contributed by atoms with Crippen LogP contribution < -0.4 is 9.47 Å². The molecule has 0 radical (unpaired) electrons. The fourth-order valence-electron chi connectivity index (χ4n) is 2.93. The molecule has 2 heterocycles. The number of hydrogen-bond donors (Lipinski definition) is 0. The molecular formula is C25H37NO7S. The molecule has 0 aliphatic carbocycles. The predicted molar refractivity (Wildman–Crippen MR) is 133 cm³/mol. The number of esters is 2. The van der Waals surface area contributed by atoms with E-state index in [4.69, 9.17) is 18.9 Å². The zero-order chi connectivity index (χ0) is 26.4. The van der Waals surface area contributed by atoms with Gasteiger partial charge in [-0.15, -0.1) is 11.3 Å². The average Bonchev–Trinajstić information content (AvgIpc) is 3.14. The number of ketones is 1. The van der Waals surface area contributed by atoms with Crippen molar-refractivity contribution in [1.82, 2.24) is 4.98 Å². The number of pyridine rings is 1. The minimum absolute atomic E-state index is 0.272. The summed E-state index contributed by atoms with van der Waals surface area (Å²) in [6.45, 7) is 15.8. The van der Waals surface area contributed by atoms with Crippen molar-refractivity contribution in [3.8, 4) is 11.6 Å². The van der Waals surface area contributed by atoms with Gasteiger partial charge in [-0.1, -0.05) is 20.8 Å². The average molecular weight is 496 g/mol. The number of ether oxygens (including phenoxy) is 4. The second-order valence-corrected chi connectivity index (χ2v) is 10.5. The van der Waals surface area contributed by atoms with Crippen LogP contribution in [-0.4, -0.2) is 48.1 Å². The van der Waals surface area contributed by atoms with Crippen LogP contribution in [0, 0.1) is 11.8 Å². The fourth-order valence-corrected chi connectivity index (χ4v) is 3.94. The van der Waals surface area contributed by atoms with E-state index in [9.17, 15) is 14.4 Å². The number of nitrogens with zero attached hydrogens (tertiary/aromatic N) is 1. The molecule has 34 heavy (non-hydrogen) atoms. The standard InChI is InChI=1S/C23H31NO7S.C2H6/c1-12(20(26)30-22(2,3)4)17(21(27)31-23(5,6)7)18(25)16-10-13-15(32-16)11-14(28-8)19(24-13)29-9;1-2/h10-12,17H,1-9H3;1-2H3. The Morgan fingerprint density at radius 2 is 1.41 bits per heavy atom. The van der Waals surface area contributed by atoms with Gasteiger partial charge >= 0.3 is 11.9 Å². The number of fused-ring (bicyclic) bond motifs is 1. The normalized spacial score (nSPS) is 13.3. The van der Waals surface area contributed by atoms with Crippen LogP contribution >= 0.6 is 11.3 Å². The Morgan fingerprint density at radius 1 is 0.882 bits per heavy atom. The zero-order valence-corrected chi connectivity index (χ0v) is 22.8. The molecule has 2 aromatic rings. The maximum absolute atomic E-state index is 13.5. The molecule has 0 aliphatic heterocycles. The molecule has 8 nitrogen and oxygen atoms in total. The Bertz CT molecular complexity index is 974. The summed E-state index contributed by atoms with van der Waals surface area (Å²) in [6.07, 6.45) is 0. The molecule has 0 bridgehead atoms. The highest BCUT2D eigenvalue weighted by Gasteiger charge is 2.42. The zero-order valence-electron chi connectivity index (χ0n) is 22.0. The van der Waals surface area contributed by atoms with E-state index < -0.39 is 40.8 Å². The summed E-state index contributed by atoms with van der Waals surface area (Å²) in [7, 11) is 2.96. The fraction of sp³-hybridized carbons (Fsp3) is 0.600. The molecular weight excluding hydrogens is 458 g/mol. The molecule has 9 heteroatoms. The Labute approximate surface area is 205 Å². The van der Waals surface area contributed by atoms with Crippen molar-refractivity contribution in [3.63, 3.8) is 0 Å². The smallest absolute Gasteiger partial charge is 0.318 e. The highest BCUT2D eigenvalue weighted by molar-refractivity contribution is 7.20. The van der Waals surface area contributed by atoms with Crippen LogP contribution in [-0.2, 0) is 19.1 Å². The van der Waals surface area contributed by atoms with Crippen molar-refractivity contribution in [1.29, 1.82) is 0 Å². The first-order valence-corrected chi connectivity index (χ1v) is 12.0. The minimum Gasteiger partial charge on any atom is -0.491 e. The van der Waals surface area contributed by atoms with E-state index >= 15 is 0 Å². The Kier molecular flexibility index (Phi) is 10.0. The molecule has 2 atom stereocenters. The predicted octanol–water partition coefficient (Wildman–Crippen LogP) is 5.46. The molecule has 0 fully saturated rings. The van der Waals surface area contributed by atoms with Crippen LogP contribution in [0.15, 0.2) is 12.1 Å². The lowest BCUT2D eigenvalue weighted by Crippen LogP contribution is -2.41. The summed E-state index contributed by atoms with van der Waals surface area (Å²) >= 11 is 1.15. The second-order valence-electron chi connectivity index (χ2n) is 9.39. The molecule has 190 valence electrons. The van der Waals surface area contributed by atoms with Crippen LogP contribution in [0.3, 0.4) is 0 Å². The molecule has 0 saturated heterocycles. The number of Topliss-reactive ketones (excluding diaryl/α,β-unsaturated/α-hetero) is 1. The van der Waals surface area contributed by atoms with Gasteiger partial charge in [0, 0.05) is 6.07 Å². The molecule has 2 aromatic heterocycles. The minimum atomic E-state index is -1.36. The van der Waals surface area contributed by atoms with Gasteiger partial charge in [0.25, 0.3) is 5.88 Å². The molecule has 2 rings (SSSR count). The topological polar surface area (TPSA) is 101 Å². The summed E-state index contributed by atoms with van der Waals surface area (Å²) in [5.74, 6) is -3.65. The van der Waals surface area contributed by atoms with Crippen molar-refractivity contribution >= 4 is 39.3 Å². The van der Waals surface area contributed by atoms with Crippen LogP contribution in [0.5, 0.6) is 11.6 Å². The largest absolute Gasteiger partial charge is 0.491 e. The van der Waals surface area contributed by atoms with Crippen LogP contribution in [0.25, 0.3) is 10.2 Å². The van der Waals surface area contributed by atoms with Crippen molar-refractivity contribution in [2.75, 3.05) is 14.2 Å². The van der Waals surface area contributed by atoms with E-state index in [0.717, 1.165) is 11.3 Å². The summed E-state index contributed by atoms with van der Waals surface area (Å²) in [4.78, 5) is 43.8. The van der Waals surface area contributed by atoms with Gasteiger partial charge in [0.15, 0.2) is 11.5 Å². The van der Waals surface area contributed by atoms with Gasteiger partial charge in [-0.25, -0.2) is 4.98 Å². The summed E-state index contributed by atoms with van der Waals surface area (Å²) < 4.78 is 22.1. The Balaban J connectivity index is 0.00000281. The molecule has 0 N–H and O–H groups in total. The lowest BCUT2D eigenvalue weighted by Gasteiger charge is -2.28. The maximum atomic E-state index is 13.5. The van der Waals surface area contributed by atoms with Crippen molar-refractivity contribution < 1.29 is 33.3 Å². The van der Waals surface area contributed by atoms with E-state index in [1.54, 1.807) is 53.7 Å². The van der Waals surface area contributed by atoms with Crippen molar-refractivity contribution in [3.05, 3.63) is 17.0 Å². The molecule has 0 saturated carbocycles. The SMILES string of the molecule is CC.COc1cc2sc(C(=O)C(C(=O)OC(C)(C)C)C(C)C(=O)OC(C)(C)C)cc2nc1OC. The van der Waals surface area contributed by atoms with Crippen LogP contribution in [0.4, 0.5) is 0 Å². The first kappa shape index (κ1) is 29.4. The number of rotatable bonds is 7. The summed E-state index contributed by atoms with van der Waals surface area (Å²) in [5.41, 5.74) is -1.07. The van der Waals surface area contributed by atoms with Gasteiger partial charge < -0.3 is 18.9 Å². The van der Waals surface area contributed by atoms with E-state index in [1.165, 1.54) is 21.1 Å². The number of thiophene rings is 1. The summed E-state index contributed by atoms with van der Waals surface area (Å²) in [6, 6.07) is 3.28. The van der Waals surface area contributed by atoms with Gasteiger partial charge in [0.05, 0.1) is 35.2 Å². The van der Waals surface area contributed by atoms with Crippen LogP contribution in [0.2, 0.25) is 0 Å². The van der Waals surface area contributed by atoms with Gasteiger partial charge in [0.1, 0.15) is 17.1 Å². The number of carbonyl (C=O) groups excluding carboxylic acids is 3. The molecule has 0 aliphatic rings. The Morgan fingerprint density at radius 3 is 1.88 bits per heavy atom. The van der Waals surface area contributed by atoms with E-state index in [1.807, 2.05) is 13.8 Å². The molecule has 0 spiro atoms. The molecule has 2 unspecified atom stereocenters. The number of methoxy groups -OCH3 is 2. The molecule has 0 aromatic carbocycles. The number of aromatic nitrogens is 1. The Hall–Kier alpha value is -2.68. The third kappa shape index (κ3) is 7.68. The van der Waals surface area contributed by atoms with Gasteiger partial charge in [-0.2, -0.15) is 0 Å². The van der Waals surface area contributed by atoms with Crippen molar-refractivity contribution in [2.45, 2.75) is 73.5 Å². The van der Waals surface area contributed by atoms with Gasteiger partial charge in [-0.3, -0.25) is 14.4 Å². The monoisotopic (exact) mass is 495 g/mol. The van der Waals surface area contributed by atoms with Crippen LogP contribution in [0.1, 0.15) is 72.0 Å². The lowest BCUT2D eigenvalue weighted by atomic mass is 9.88. The van der Waals surface area contributed by atoms with Crippen molar-refractivity contribution in [2.24, 2.45) is 11.8 Å². The second kappa shape index (κ2) is 11.6. The van der Waals surface area contributed by atoms with Gasteiger partial charge in [-0.05, 0) is 47.6 Å². The number of carbonyl (C=O) groups is 3. The first-order valence-electron chi connectivity index (χ1n) is 11.2. The quantitative estimate of drug-likeness (QED) is 0.284. The number of hydrogen-bond acceptors (Lipinski definition) is 9. The molecule has 0 amide bonds. The van der Waals surface area contributed by atoms with E-state index in [-0.39, 0.29) is 10.8 Å². The third-order valence-electron chi connectivity index (χ3n) is 4.31. The highest BCUT2D eigenvalue weighted by atomic mass is 32.1. The first-order chi connectivity index (χ1) is 15.7. The highest BCUT2D eigenvalue weighted by Crippen LogP contribution is 2.35. The lowest BCUT2D eigenvalue weighted by molar-refractivity contribution is -0.170.